The molecule has 1 atom stereocenters. The normalized spacial score (nSPS) is 18.7. The summed E-state index contributed by atoms with van der Waals surface area (Å²) in [4.78, 5) is 12.1. The molecule has 1 aliphatic rings. The Balaban J connectivity index is 2.12. The van der Waals surface area contributed by atoms with Gasteiger partial charge in [-0.3, -0.25) is 4.79 Å². The van der Waals surface area contributed by atoms with Crippen molar-refractivity contribution < 1.29 is 22.7 Å². The Labute approximate surface area is 146 Å². The van der Waals surface area contributed by atoms with E-state index >= 15 is 0 Å². The van der Waals surface area contributed by atoms with E-state index in [1.54, 1.807) is 20.8 Å². The molecule has 0 aliphatic carbocycles. The van der Waals surface area contributed by atoms with Gasteiger partial charge in [0.2, 0.25) is 5.91 Å². The van der Waals surface area contributed by atoms with Gasteiger partial charge in [-0.15, -0.1) is 0 Å². The molecule has 0 bridgehead atoms. The Hall–Kier alpha value is -1.76. The molecule has 1 heterocycles. The van der Waals surface area contributed by atoms with Crippen molar-refractivity contribution in [2.45, 2.75) is 51.9 Å². The van der Waals surface area contributed by atoms with Gasteiger partial charge < -0.3 is 15.4 Å². The zero-order chi connectivity index (χ0) is 18.7. The number of hydrogen-bond acceptors (Lipinski definition) is 3. The molecule has 1 fully saturated rings. The van der Waals surface area contributed by atoms with E-state index in [0.717, 1.165) is 25.5 Å². The first-order valence-electron chi connectivity index (χ1n) is 8.44. The number of ether oxygens (including phenoxy) is 1. The molecule has 0 aromatic heterocycles. The molecule has 25 heavy (non-hydrogen) atoms. The van der Waals surface area contributed by atoms with Crippen LogP contribution in [0.3, 0.4) is 0 Å². The van der Waals surface area contributed by atoms with E-state index in [-0.39, 0.29) is 29.7 Å². The first-order chi connectivity index (χ1) is 11.6. The lowest BCUT2D eigenvalue weighted by molar-refractivity contribution is -0.138. The molecule has 0 radical (unpaired) electrons. The molecule has 1 saturated heterocycles. The Morgan fingerprint density at radius 1 is 1.32 bits per heavy atom. The molecule has 1 aliphatic heterocycles. The number of piperidine rings is 1. The van der Waals surface area contributed by atoms with Gasteiger partial charge >= 0.3 is 6.18 Å². The fourth-order valence-electron chi connectivity index (χ4n) is 2.79. The summed E-state index contributed by atoms with van der Waals surface area (Å²) in [5.74, 6) is -0.242. The molecule has 1 aromatic rings. The first kappa shape index (κ1) is 19.6. The molecule has 7 heteroatoms. The van der Waals surface area contributed by atoms with Crippen molar-refractivity contribution in [3.8, 4) is 5.75 Å². The van der Waals surface area contributed by atoms with Gasteiger partial charge in [0.05, 0.1) is 11.5 Å². The van der Waals surface area contributed by atoms with Gasteiger partial charge in [0.15, 0.2) is 0 Å². The van der Waals surface area contributed by atoms with E-state index in [1.807, 2.05) is 0 Å². The summed E-state index contributed by atoms with van der Waals surface area (Å²) in [6.07, 6.45) is -2.86. The van der Waals surface area contributed by atoms with Gasteiger partial charge in [0.25, 0.3) is 0 Å². The van der Waals surface area contributed by atoms with E-state index in [2.05, 4.69) is 10.6 Å². The molecular formula is C18H25F3N2O2. The van der Waals surface area contributed by atoms with Crippen LogP contribution in [0.4, 0.5) is 13.2 Å². The minimum Gasteiger partial charge on any atom is -0.488 e. The van der Waals surface area contributed by atoms with Crippen LogP contribution in [-0.2, 0) is 17.5 Å². The predicted octanol–water partition coefficient (Wildman–Crippen LogP) is 3.50. The summed E-state index contributed by atoms with van der Waals surface area (Å²) in [6.45, 7) is 6.60. The molecule has 2 N–H and O–H groups in total. The number of benzene rings is 1. The Morgan fingerprint density at radius 2 is 2.04 bits per heavy atom. The summed E-state index contributed by atoms with van der Waals surface area (Å²) in [5.41, 5.74) is -1.34. The maximum atomic E-state index is 13.4. The number of nitrogens with one attached hydrogen (secondary N) is 2. The lowest BCUT2D eigenvalue weighted by Crippen LogP contribution is -2.40. The van der Waals surface area contributed by atoms with E-state index in [4.69, 9.17) is 4.74 Å². The van der Waals surface area contributed by atoms with Gasteiger partial charge in [-0.1, -0.05) is 6.07 Å². The largest absolute Gasteiger partial charge is 0.488 e. The number of amides is 1. The average Bonchev–Trinajstić information content (AvgIpc) is 2.51. The highest BCUT2D eigenvalue weighted by molar-refractivity contribution is 5.79. The Morgan fingerprint density at radius 3 is 2.60 bits per heavy atom. The summed E-state index contributed by atoms with van der Waals surface area (Å²) in [5, 5.41) is 5.75. The molecule has 4 nitrogen and oxygen atoms in total. The second kappa shape index (κ2) is 7.64. The number of alkyl halides is 3. The fourth-order valence-corrected chi connectivity index (χ4v) is 2.79. The van der Waals surface area contributed by atoms with Crippen molar-refractivity contribution in [1.82, 2.24) is 10.6 Å². The lowest BCUT2D eigenvalue weighted by Gasteiger charge is -2.24. The van der Waals surface area contributed by atoms with Crippen LogP contribution in [0.2, 0.25) is 0 Å². The number of carbonyl (C=O) groups is 1. The van der Waals surface area contributed by atoms with Crippen LogP contribution in [-0.4, -0.2) is 24.6 Å². The van der Waals surface area contributed by atoms with Crippen LogP contribution in [0.25, 0.3) is 0 Å². The van der Waals surface area contributed by atoms with Crippen LogP contribution in [0.5, 0.6) is 5.75 Å². The van der Waals surface area contributed by atoms with E-state index in [1.165, 1.54) is 12.1 Å². The summed E-state index contributed by atoms with van der Waals surface area (Å²) < 4.78 is 45.6. The first-order valence-corrected chi connectivity index (χ1v) is 8.44. The quantitative estimate of drug-likeness (QED) is 0.866. The SMILES string of the molecule is CC(C)(C)Oc1ccc(CNC(=O)C2CCCNC2)c(C(F)(F)F)c1. The molecule has 1 amide bonds. The lowest BCUT2D eigenvalue weighted by atomic mass is 9.98. The van der Waals surface area contributed by atoms with Gasteiger partial charge in [0.1, 0.15) is 11.4 Å². The minimum absolute atomic E-state index is 0.0332. The highest BCUT2D eigenvalue weighted by Crippen LogP contribution is 2.35. The van der Waals surface area contributed by atoms with Gasteiger partial charge in [0, 0.05) is 13.1 Å². The topological polar surface area (TPSA) is 50.4 Å². The zero-order valence-electron chi connectivity index (χ0n) is 14.8. The van der Waals surface area contributed by atoms with Crippen molar-refractivity contribution in [2.75, 3.05) is 13.1 Å². The second-order valence-electron chi connectivity index (χ2n) is 7.29. The van der Waals surface area contributed by atoms with Crippen molar-refractivity contribution >= 4 is 5.91 Å². The fraction of sp³-hybridized carbons (Fsp3) is 0.611. The minimum atomic E-state index is -4.51. The van der Waals surface area contributed by atoms with Crippen molar-refractivity contribution in [3.05, 3.63) is 29.3 Å². The number of hydrogen-bond donors (Lipinski definition) is 2. The highest BCUT2D eigenvalue weighted by atomic mass is 19.4. The molecule has 2 rings (SSSR count). The highest BCUT2D eigenvalue weighted by Gasteiger charge is 2.34. The van der Waals surface area contributed by atoms with Gasteiger partial charge in [-0.25, -0.2) is 0 Å². The standard InChI is InChI=1S/C18H25F3N2O2/c1-17(2,3)25-14-7-6-12(15(9-14)18(19,20)21)11-23-16(24)13-5-4-8-22-10-13/h6-7,9,13,22H,4-5,8,10-11H2,1-3H3,(H,23,24). The molecule has 140 valence electrons. The molecule has 0 spiro atoms. The zero-order valence-corrected chi connectivity index (χ0v) is 14.8. The van der Waals surface area contributed by atoms with E-state index in [0.29, 0.717) is 6.54 Å². The number of rotatable bonds is 4. The second-order valence-corrected chi connectivity index (χ2v) is 7.29. The van der Waals surface area contributed by atoms with E-state index in [9.17, 15) is 18.0 Å². The molecule has 1 aromatic carbocycles. The summed E-state index contributed by atoms with van der Waals surface area (Å²) in [6, 6.07) is 3.86. The third kappa shape index (κ3) is 5.92. The maximum absolute atomic E-state index is 13.4. The molecule has 1 unspecified atom stereocenters. The monoisotopic (exact) mass is 358 g/mol. The van der Waals surface area contributed by atoms with Crippen LogP contribution < -0.4 is 15.4 Å². The van der Waals surface area contributed by atoms with Crippen molar-refractivity contribution in [2.24, 2.45) is 5.92 Å². The van der Waals surface area contributed by atoms with Crippen molar-refractivity contribution in [3.63, 3.8) is 0 Å². The van der Waals surface area contributed by atoms with Crippen LogP contribution in [0.1, 0.15) is 44.7 Å². The average molecular weight is 358 g/mol. The van der Waals surface area contributed by atoms with Gasteiger partial charge in [-0.2, -0.15) is 13.2 Å². The van der Waals surface area contributed by atoms with Crippen LogP contribution in [0, 0.1) is 5.92 Å². The smallest absolute Gasteiger partial charge is 0.416 e. The third-order valence-corrected chi connectivity index (χ3v) is 3.93. The van der Waals surface area contributed by atoms with Crippen LogP contribution in [0.15, 0.2) is 18.2 Å². The predicted molar refractivity (Wildman–Crippen MR) is 89.3 cm³/mol. The maximum Gasteiger partial charge on any atom is 0.416 e. The summed E-state index contributed by atoms with van der Waals surface area (Å²) >= 11 is 0. The summed E-state index contributed by atoms with van der Waals surface area (Å²) in [7, 11) is 0. The third-order valence-electron chi connectivity index (χ3n) is 3.93. The number of carbonyl (C=O) groups excluding carboxylic acids is 1. The van der Waals surface area contributed by atoms with E-state index < -0.39 is 17.3 Å². The Kier molecular flexibility index (Phi) is 5.98. The number of halogens is 3. The Bertz CT molecular complexity index is 603. The molecular weight excluding hydrogens is 333 g/mol. The van der Waals surface area contributed by atoms with Crippen molar-refractivity contribution in [1.29, 1.82) is 0 Å². The molecule has 0 saturated carbocycles. The van der Waals surface area contributed by atoms with Crippen LogP contribution >= 0.6 is 0 Å². The van der Waals surface area contributed by atoms with Gasteiger partial charge in [-0.05, 0) is 57.9 Å².